The number of para-hydroxylation sites is 2. The van der Waals surface area contributed by atoms with Crippen LogP contribution < -0.4 is 21.1 Å². The average Bonchev–Trinajstić information content (AvgIpc) is 3.31. The second-order valence-electron chi connectivity index (χ2n) is 7.34. The molecule has 1 atom stereocenters. The Bertz CT molecular complexity index is 1360. The molecule has 0 aliphatic heterocycles. The van der Waals surface area contributed by atoms with Crippen molar-refractivity contribution in [2.24, 2.45) is 0 Å². The van der Waals surface area contributed by atoms with E-state index in [9.17, 15) is 14.4 Å². The number of aromatic nitrogens is 2. The highest BCUT2D eigenvalue weighted by Crippen LogP contribution is 2.14. The number of carbonyl (C=O) groups excluding carboxylic acids is 2. The van der Waals surface area contributed by atoms with Crippen LogP contribution in [0.15, 0.2) is 75.9 Å². The largest absolute Gasteiger partial charge is 0.486 e. The summed E-state index contributed by atoms with van der Waals surface area (Å²) >= 11 is 0. The summed E-state index contributed by atoms with van der Waals surface area (Å²) in [5.41, 5.74) is 4.86. The molecule has 1 unspecified atom stereocenters. The zero-order valence-corrected chi connectivity index (χ0v) is 18.1. The van der Waals surface area contributed by atoms with E-state index in [1.165, 1.54) is 10.6 Å². The number of hydrogen-bond acceptors (Lipinski definition) is 6. The maximum Gasteiger partial charge on any atom is 0.305 e. The number of carbonyl (C=O) groups is 2. The Labute approximate surface area is 189 Å². The monoisotopic (exact) mass is 446 g/mol. The lowest BCUT2D eigenvalue weighted by Gasteiger charge is -2.18. The van der Waals surface area contributed by atoms with Crippen LogP contribution in [0.25, 0.3) is 10.9 Å². The third-order valence-corrected chi connectivity index (χ3v) is 5.06. The first-order valence-electron chi connectivity index (χ1n) is 10.3. The van der Waals surface area contributed by atoms with Gasteiger partial charge in [-0.15, -0.1) is 0 Å². The first-order valence-corrected chi connectivity index (χ1v) is 10.3. The number of amides is 2. The number of aryl methyl sites for hydroxylation is 1. The van der Waals surface area contributed by atoms with E-state index in [1.807, 2.05) is 30.3 Å². The van der Waals surface area contributed by atoms with Crippen molar-refractivity contribution in [2.45, 2.75) is 26.5 Å². The molecule has 9 heteroatoms. The average molecular weight is 446 g/mol. The molecule has 33 heavy (non-hydrogen) atoms. The molecule has 0 saturated carbocycles. The first-order chi connectivity index (χ1) is 15.9. The summed E-state index contributed by atoms with van der Waals surface area (Å²) in [6.07, 6.45) is 0. The Hall–Kier alpha value is -4.40. The minimum absolute atomic E-state index is 0.00957. The van der Waals surface area contributed by atoms with Crippen molar-refractivity contribution in [1.29, 1.82) is 0 Å². The third-order valence-electron chi connectivity index (χ3n) is 5.06. The van der Waals surface area contributed by atoms with Gasteiger partial charge < -0.3 is 9.15 Å². The predicted molar refractivity (Wildman–Crippen MR) is 121 cm³/mol. The molecule has 0 fully saturated rings. The number of nitrogens with one attached hydrogen (secondary N) is 2. The van der Waals surface area contributed by atoms with Gasteiger partial charge in [0.1, 0.15) is 30.0 Å². The minimum Gasteiger partial charge on any atom is -0.486 e. The van der Waals surface area contributed by atoms with Crippen LogP contribution in [0.4, 0.5) is 0 Å². The molecule has 0 aliphatic carbocycles. The zero-order valence-electron chi connectivity index (χ0n) is 18.1. The number of hydrazine groups is 1. The van der Waals surface area contributed by atoms with Crippen LogP contribution in [0, 0.1) is 6.92 Å². The van der Waals surface area contributed by atoms with Crippen molar-refractivity contribution in [3.05, 3.63) is 94.4 Å². The number of ether oxygens (including phenoxy) is 1. The maximum atomic E-state index is 12.9. The van der Waals surface area contributed by atoms with E-state index < -0.39 is 17.9 Å². The Morgan fingerprint density at radius 1 is 1.03 bits per heavy atom. The number of hydrogen-bond donors (Lipinski definition) is 2. The van der Waals surface area contributed by atoms with Crippen LogP contribution in [-0.2, 0) is 11.4 Å². The molecule has 9 nitrogen and oxygen atoms in total. The number of fused-ring (bicyclic) bond motifs is 1. The fraction of sp³-hybridized carbons (Fsp3) is 0.167. The molecule has 2 aromatic heterocycles. The molecule has 0 saturated heterocycles. The normalized spacial score (nSPS) is 11.7. The lowest BCUT2D eigenvalue weighted by atomic mass is 10.2. The summed E-state index contributed by atoms with van der Waals surface area (Å²) in [6, 6.07) is 18.3. The van der Waals surface area contributed by atoms with Crippen LogP contribution in [0.2, 0.25) is 0 Å². The summed E-state index contributed by atoms with van der Waals surface area (Å²) < 4.78 is 12.3. The first kappa shape index (κ1) is 21.8. The van der Waals surface area contributed by atoms with Crippen LogP contribution in [0.1, 0.15) is 35.1 Å². The van der Waals surface area contributed by atoms with Gasteiger partial charge in [0.05, 0.1) is 10.9 Å². The zero-order chi connectivity index (χ0) is 23.4. The van der Waals surface area contributed by atoms with Crippen molar-refractivity contribution in [3.8, 4) is 5.75 Å². The summed E-state index contributed by atoms with van der Waals surface area (Å²) in [6.45, 7) is 3.36. The lowest BCUT2D eigenvalue weighted by Crippen LogP contribution is -2.46. The van der Waals surface area contributed by atoms with Gasteiger partial charge in [0.15, 0.2) is 5.76 Å². The van der Waals surface area contributed by atoms with Gasteiger partial charge in [-0.3, -0.25) is 29.8 Å². The summed E-state index contributed by atoms with van der Waals surface area (Å²) in [5, 5.41) is 0.410. The van der Waals surface area contributed by atoms with E-state index in [0.717, 1.165) is 0 Å². The van der Waals surface area contributed by atoms with Crippen molar-refractivity contribution in [2.75, 3.05) is 0 Å². The second kappa shape index (κ2) is 9.39. The minimum atomic E-state index is -0.902. The highest BCUT2D eigenvalue weighted by molar-refractivity contribution is 5.93. The van der Waals surface area contributed by atoms with E-state index in [0.29, 0.717) is 28.2 Å². The molecule has 0 aliphatic rings. The van der Waals surface area contributed by atoms with Gasteiger partial charge in [-0.1, -0.05) is 30.3 Å². The molecule has 2 heterocycles. The van der Waals surface area contributed by atoms with E-state index >= 15 is 0 Å². The molecule has 0 radical (unpaired) electrons. The van der Waals surface area contributed by atoms with E-state index in [1.54, 1.807) is 44.2 Å². The van der Waals surface area contributed by atoms with Crippen molar-refractivity contribution < 1.29 is 18.7 Å². The van der Waals surface area contributed by atoms with Crippen LogP contribution in [-0.4, -0.2) is 21.4 Å². The van der Waals surface area contributed by atoms with Crippen molar-refractivity contribution >= 4 is 22.7 Å². The second-order valence-corrected chi connectivity index (χ2v) is 7.34. The summed E-state index contributed by atoms with van der Waals surface area (Å²) in [4.78, 5) is 42.2. The van der Waals surface area contributed by atoms with Gasteiger partial charge in [-0.2, -0.15) is 0 Å². The van der Waals surface area contributed by atoms with Crippen LogP contribution >= 0.6 is 0 Å². The molecule has 0 spiro atoms. The Balaban J connectivity index is 1.38. The molecular weight excluding hydrogens is 424 g/mol. The molecule has 2 amide bonds. The Morgan fingerprint density at radius 3 is 2.55 bits per heavy atom. The van der Waals surface area contributed by atoms with Crippen molar-refractivity contribution in [1.82, 2.24) is 20.4 Å². The molecule has 2 N–H and O–H groups in total. The van der Waals surface area contributed by atoms with Gasteiger partial charge in [-0.05, 0) is 50.2 Å². The fourth-order valence-corrected chi connectivity index (χ4v) is 3.36. The molecule has 0 bridgehead atoms. The van der Waals surface area contributed by atoms with Gasteiger partial charge >= 0.3 is 5.91 Å². The van der Waals surface area contributed by atoms with Gasteiger partial charge in [0, 0.05) is 0 Å². The number of rotatable bonds is 6. The number of benzene rings is 2. The SMILES string of the molecule is Cc1nc2ccccc2c(=O)n1C(C)C(=O)NNC(=O)c1ccc(COc2ccccc2)o1. The smallest absolute Gasteiger partial charge is 0.305 e. The van der Waals surface area contributed by atoms with E-state index in [2.05, 4.69) is 15.8 Å². The molecule has 4 aromatic rings. The molecule has 4 rings (SSSR count). The van der Waals surface area contributed by atoms with Crippen LogP contribution in [0.3, 0.4) is 0 Å². The van der Waals surface area contributed by atoms with Crippen molar-refractivity contribution in [3.63, 3.8) is 0 Å². The molecule has 2 aromatic carbocycles. The number of nitrogens with zero attached hydrogens (tertiary/aromatic N) is 2. The lowest BCUT2D eigenvalue weighted by molar-refractivity contribution is -0.124. The maximum absolute atomic E-state index is 12.9. The highest BCUT2D eigenvalue weighted by atomic mass is 16.5. The van der Waals surface area contributed by atoms with Gasteiger partial charge in [-0.25, -0.2) is 4.98 Å². The quantitative estimate of drug-likeness (QED) is 0.440. The molecular formula is C24H22N4O5. The van der Waals surface area contributed by atoms with E-state index in [-0.39, 0.29) is 17.9 Å². The molecule has 168 valence electrons. The number of furan rings is 1. The van der Waals surface area contributed by atoms with E-state index in [4.69, 9.17) is 9.15 Å². The topological polar surface area (TPSA) is 115 Å². The fourth-order valence-electron chi connectivity index (χ4n) is 3.36. The Morgan fingerprint density at radius 2 is 1.76 bits per heavy atom. The van der Waals surface area contributed by atoms with Gasteiger partial charge in [0.2, 0.25) is 0 Å². The summed E-state index contributed by atoms with van der Waals surface area (Å²) in [7, 11) is 0. The third kappa shape index (κ3) is 4.77. The standard InChI is InChI=1S/C24H22N4O5/c1-15(28-16(2)25-20-11-7-6-10-19(20)24(28)31)22(29)26-27-23(30)21-13-12-18(33-21)14-32-17-8-4-3-5-9-17/h3-13,15H,14H2,1-2H3,(H,26,29)(H,27,30). The predicted octanol–water partition coefficient (Wildman–Crippen LogP) is 2.90. The highest BCUT2D eigenvalue weighted by Gasteiger charge is 2.21. The van der Waals surface area contributed by atoms with Gasteiger partial charge in [0.25, 0.3) is 11.5 Å². The van der Waals surface area contributed by atoms with Crippen LogP contribution in [0.5, 0.6) is 5.75 Å². The summed E-state index contributed by atoms with van der Waals surface area (Å²) in [5.74, 6) is 0.312. The Kier molecular flexibility index (Phi) is 6.21.